The summed E-state index contributed by atoms with van der Waals surface area (Å²) in [7, 11) is 1.58. The summed E-state index contributed by atoms with van der Waals surface area (Å²) in [6, 6.07) is 22.7. The van der Waals surface area contributed by atoms with Crippen LogP contribution in [0.5, 0.6) is 5.75 Å². The zero-order chi connectivity index (χ0) is 19.5. The Balaban J connectivity index is 1.85. The predicted octanol–water partition coefficient (Wildman–Crippen LogP) is 4.67. The Morgan fingerprint density at radius 2 is 1.61 bits per heavy atom. The third-order valence-electron chi connectivity index (χ3n) is 4.40. The molecule has 0 aliphatic carbocycles. The molecule has 3 aromatic carbocycles. The first-order chi connectivity index (χ1) is 13.7. The lowest BCUT2D eigenvalue weighted by atomic mass is 10.1. The normalized spacial score (nSPS) is 15.1. The average Bonchev–Trinajstić information content (AvgIpc) is 3.06. The van der Waals surface area contributed by atoms with E-state index in [0.717, 1.165) is 0 Å². The van der Waals surface area contributed by atoms with Crippen molar-refractivity contribution in [2.24, 2.45) is 4.99 Å². The molecule has 0 saturated heterocycles. The second-order valence-corrected chi connectivity index (χ2v) is 6.19. The van der Waals surface area contributed by atoms with Crippen LogP contribution in [0.1, 0.15) is 11.1 Å². The molecule has 0 saturated carbocycles. The summed E-state index contributed by atoms with van der Waals surface area (Å²) in [5.74, 6) is 0.528. The van der Waals surface area contributed by atoms with Crippen molar-refractivity contribution in [1.82, 2.24) is 0 Å². The van der Waals surface area contributed by atoms with Gasteiger partial charge in [0.05, 0.1) is 18.4 Å². The van der Waals surface area contributed by atoms with E-state index < -0.39 is 0 Å². The van der Waals surface area contributed by atoms with Gasteiger partial charge in [-0.3, -0.25) is 9.69 Å². The van der Waals surface area contributed by atoms with Gasteiger partial charge in [-0.05, 0) is 48.0 Å². The Morgan fingerprint density at radius 3 is 2.32 bits per heavy atom. The Labute approximate surface area is 162 Å². The van der Waals surface area contributed by atoms with Crippen LogP contribution in [0.15, 0.2) is 89.6 Å². The standard InChI is InChI=1S/C23H17FN2O2/c1-28-21-10-6-5-9-19(21)22-25-20(15-16-11-13-17(24)14-12-16)23(27)26(22)18-7-3-2-4-8-18/h2-15H,1H3/b20-15+. The molecule has 0 radical (unpaired) electrons. The SMILES string of the molecule is COc1ccccc1C1=N/C(=C/c2ccc(F)cc2)C(=O)N1c1ccccc1. The molecule has 1 heterocycles. The maximum Gasteiger partial charge on any atom is 0.282 e. The Bertz CT molecular complexity index is 1070. The lowest BCUT2D eigenvalue weighted by Crippen LogP contribution is -2.32. The third kappa shape index (κ3) is 3.30. The Kier molecular flexibility index (Phi) is 4.72. The zero-order valence-electron chi connectivity index (χ0n) is 15.2. The van der Waals surface area contributed by atoms with Crippen LogP contribution in [-0.2, 0) is 4.79 Å². The molecule has 28 heavy (non-hydrogen) atoms. The van der Waals surface area contributed by atoms with E-state index >= 15 is 0 Å². The summed E-state index contributed by atoms with van der Waals surface area (Å²) in [6.07, 6.45) is 1.65. The minimum atomic E-state index is -0.330. The van der Waals surface area contributed by atoms with Gasteiger partial charge >= 0.3 is 0 Å². The van der Waals surface area contributed by atoms with Crippen molar-refractivity contribution in [3.8, 4) is 5.75 Å². The number of benzene rings is 3. The van der Waals surface area contributed by atoms with Crippen molar-refractivity contribution in [3.05, 3.63) is 102 Å². The summed E-state index contributed by atoms with van der Waals surface area (Å²) >= 11 is 0. The molecule has 5 heteroatoms. The molecular weight excluding hydrogens is 355 g/mol. The van der Waals surface area contributed by atoms with E-state index in [1.807, 2.05) is 54.6 Å². The van der Waals surface area contributed by atoms with Crippen molar-refractivity contribution in [3.63, 3.8) is 0 Å². The fourth-order valence-electron chi connectivity index (χ4n) is 3.06. The average molecular weight is 372 g/mol. The molecule has 4 rings (SSSR count). The number of para-hydroxylation sites is 2. The fourth-order valence-corrected chi connectivity index (χ4v) is 3.06. The number of anilines is 1. The molecule has 3 aromatic rings. The van der Waals surface area contributed by atoms with Gasteiger partial charge in [-0.15, -0.1) is 0 Å². The molecule has 1 aliphatic heterocycles. The lowest BCUT2D eigenvalue weighted by Gasteiger charge is -2.19. The number of methoxy groups -OCH3 is 1. The predicted molar refractivity (Wildman–Crippen MR) is 108 cm³/mol. The van der Waals surface area contributed by atoms with Crippen LogP contribution in [0, 0.1) is 5.82 Å². The molecule has 0 atom stereocenters. The number of carbonyl (C=O) groups excluding carboxylic acids is 1. The number of halogens is 1. The largest absolute Gasteiger partial charge is 0.496 e. The van der Waals surface area contributed by atoms with E-state index in [1.54, 1.807) is 30.2 Å². The van der Waals surface area contributed by atoms with E-state index in [1.165, 1.54) is 12.1 Å². The van der Waals surface area contributed by atoms with Gasteiger partial charge in [0.1, 0.15) is 17.3 Å². The monoisotopic (exact) mass is 372 g/mol. The smallest absolute Gasteiger partial charge is 0.282 e. The fraction of sp³-hybridized carbons (Fsp3) is 0.0435. The quantitative estimate of drug-likeness (QED) is 0.625. The minimum Gasteiger partial charge on any atom is -0.496 e. The molecule has 0 N–H and O–H groups in total. The number of nitrogens with zero attached hydrogens (tertiary/aromatic N) is 2. The number of rotatable bonds is 4. The number of ether oxygens (including phenoxy) is 1. The van der Waals surface area contributed by atoms with E-state index in [0.29, 0.717) is 28.4 Å². The highest BCUT2D eigenvalue weighted by Gasteiger charge is 2.33. The van der Waals surface area contributed by atoms with Gasteiger partial charge in [-0.25, -0.2) is 9.38 Å². The van der Waals surface area contributed by atoms with Crippen LogP contribution in [0.3, 0.4) is 0 Å². The first-order valence-corrected chi connectivity index (χ1v) is 8.76. The Hall–Kier alpha value is -3.73. The van der Waals surface area contributed by atoms with Crippen LogP contribution >= 0.6 is 0 Å². The lowest BCUT2D eigenvalue weighted by molar-refractivity contribution is -0.113. The van der Waals surface area contributed by atoms with Gasteiger partial charge in [0.25, 0.3) is 5.91 Å². The summed E-state index contributed by atoms with van der Waals surface area (Å²) in [4.78, 5) is 19.4. The topological polar surface area (TPSA) is 41.9 Å². The van der Waals surface area contributed by atoms with E-state index in [9.17, 15) is 9.18 Å². The highest BCUT2D eigenvalue weighted by molar-refractivity contribution is 6.33. The first-order valence-electron chi connectivity index (χ1n) is 8.76. The van der Waals surface area contributed by atoms with Crippen LogP contribution in [0.25, 0.3) is 6.08 Å². The number of carbonyl (C=O) groups is 1. The van der Waals surface area contributed by atoms with Gasteiger partial charge in [0, 0.05) is 0 Å². The number of amidine groups is 1. The molecule has 0 spiro atoms. The highest BCUT2D eigenvalue weighted by atomic mass is 19.1. The molecular formula is C23H17FN2O2. The maximum absolute atomic E-state index is 13.2. The first kappa shape index (κ1) is 17.7. The molecule has 4 nitrogen and oxygen atoms in total. The van der Waals surface area contributed by atoms with Gasteiger partial charge in [-0.1, -0.05) is 42.5 Å². The van der Waals surface area contributed by atoms with Crippen LogP contribution in [0.2, 0.25) is 0 Å². The van der Waals surface area contributed by atoms with Gasteiger partial charge < -0.3 is 4.74 Å². The molecule has 138 valence electrons. The van der Waals surface area contributed by atoms with Crippen molar-refractivity contribution in [2.45, 2.75) is 0 Å². The second kappa shape index (κ2) is 7.48. The summed E-state index contributed by atoms with van der Waals surface area (Å²) in [6.45, 7) is 0. The van der Waals surface area contributed by atoms with E-state index in [2.05, 4.69) is 4.99 Å². The van der Waals surface area contributed by atoms with Crippen molar-refractivity contribution >= 4 is 23.5 Å². The maximum atomic E-state index is 13.2. The summed E-state index contributed by atoms with van der Waals surface area (Å²) < 4.78 is 18.7. The van der Waals surface area contributed by atoms with Crippen LogP contribution < -0.4 is 9.64 Å². The summed E-state index contributed by atoms with van der Waals surface area (Å²) in [5, 5.41) is 0. The molecule has 0 fully saturated rings. The molecule has 0 aromatic heterocycles. The number of hydrogen-bond donors (Lipinski definition) is 0. The summed E-state index contributed by atoms with van der Waals surface area (Å²) in [5.41, 5.74) is 2.39. The number of aliphatic imine (C=N–C) groups is 1. The van der Waals surface area contributed by atoms with Gasteiger partial charge in [0.2, 0.25) is 0 Å². The van der Waals surface area contributed by atoms with Crippen molar-refractivity contribution in [2.75, 3.05) is 12.0 Å². The zero-order valence-corrected chi connectivity index (χ0v) is 15.2. The minimum absolute atomic E-state index is 0.253. The number of hydrogen-bond acceptors (Lipinski definition) is 3. The molecule has 0 unspecified atom stereocenters. The van der Waals surface area contributed by atoms with E-state index in [4.69, 9.17) is 4.74 Å². The highest BCUT2D eigenvalue weighted by Crippen LogP contribution is 2.31. The molecule has 0 bridgehead atoms. The Morgan fingerprint density at radius 1 is 0.929 bits per heavy atom. The molecule has 1 aliphatic rings. The third-order valence-corrected chi connectivity index (χ3v) is 4.40. The van der Waals surface area contributed by atoms with Crippen LogP contribution in [-0.4, -0.2) is 18.9 Å². The van der Waals surface area contributed by atoms with E-state index in [-0.39, 0.29) is 17.4 Å². The van der Waals surface area contributed by atoms with Crippen LogP contribution in [0.4, 0.5) is 10.1 Å². The van der Waals surface area contributed by atoms with Crippen molar-refractivity contribution < 1.29 is 13.9 Å². The van der Waals surface area contributed by atoms with Crippen molar-refractivity contribution in [1.29, 1.82) is 0 Å². The van der Waals surface area contributed by atoms with Gasteiger partial charge in [0.15, 0.2) is 5.84 Å². The molecule has 1 amide bonds. The second-order valence-electron chi connectivity index (χ2n) is 6.19. The van der Waals surface area contributed by atoms with Gasteiger partial charge in [-0.2, -0.15) is 0 Å². The number of amides is 1.